The van der Waals surface area contributed by atoms with E-state index in [-0.39, 0.29) is 24.2 Å². The number of nitrogens with zero attached hydrogens (tertiary/aromatic N) is 2. The minimum absolute atomic E-state index is 0.00937. The van der Waals surface area contributed by atoms with Crippen LogP contribution in [0.3, 0.4) is 0 Å². The summed E-state index contributed by atoms with van der Waals surface area (Å²) in [6, 6.07) is 13.1. The van der Waals surface area contributed by atoms with Gasteiger partial charge in [0.1, 0.15) is 0 Å². The monoisotopic (exact) mass is 345 g/mol. The Morgan fingerprint density at radius 1 is 1.17 bits per heavy atom. The molecule has 8 heteroatoms. The van der Waals surface area contributed by atoms with E-state index in [4.69, 9.17) is 8.94 Å². The maximum Gasteiger partial charge on any atom is 0.293 e. The van der Waals surface area contributed by atoms with Crippen LogP contribution in [-0.2, 0) is 16.6 Å². The lowest BCUT2D eigenvalue weighted by atomic mass is 10.1. The van der Waals surface area contributed by atoms with Gasteiger partial charge in [0.05, 0.1) is 18.1 Å². The first-order valence-corrected chi connectivity index (χ1v) is 9.08. The van der Waals surface area contributed by atoms with Crippen LogP contribution in [0.4, 0.5) is 0 Å². The topological polar surface area (TPSA) is 98.2 Å². The first-order chi connectivity index (χ1) is 11.6. The molecular formula is C16H15N3O4S. The zero-order valence-corrected chi connectivity index (χ0v) is 13.4. The normalized spacial score (nSPS) is 20.2. The molecule has 1 aromatic carbocycles. The van der Waals surface area contributed by atoms with Crippen molar-refractivity contribution in [1.29, 1.82) is 0 Å². The van der Waals surface area contributed by atoms with Crippen LogP contribution in [-0.4, -0.2) is 23.8 Å². The van der Waals surface area contributed by atoms with Crippen LogP contribution < -0.4 is 4.72 Å². The van der Waals surface area contributed by atoms with Gasteiger partial charge in [0.15, 0.2) is 11.6 Å². The number of aromatic nitrogens is 2. The fourth-order valence-electron chi connectivity index (χ4n) is 2.66. The lowest BCUT2D eigenvalue weighted by Gasteiger charge is -2.04. The van der Waals surface area contributed by atoms with Gasteiger partial charge in [-0.05, 0) is 24.1 Å². The van der Waals surface area contributed by atoms with Gasteiger partial charge in [0.2, 0.25) is 10.0 Å². The summed E-state index contributed by atoms with van der Waals surface area (Å²) in [5.74, 6) is 0.986. The van der Waals surface area contributed by atoms with Crippen molar-refractivity contribution in [2.45, 2.75) is 24.1 Å². The van der Waals surface area contributed by atoms with Crippen molar-refractivity contribution in [3.63, 3.8) is 0 Å². The maximum atomic E-state index is 12.4. The first kappa shape index (κ1) is 15.1. The average molecular weight is 345 g/mol. The Labute approximate surface area is 138 Å². The van der Waals surface area contributed by atoms with Gasteiger partial charge >= 0.3 is 0 Å². The molecule has 124 valence electrons. The molecule has 0 amide bonds. The van der Waals surface area contributed by atoms with E-state index in [1.165, 1.54) is 6.26 Å². The maximum absolute atomic E-state index is 12.4. The van der Waals surface area contributed by atoms with Crippen molar-refractivity contribution in [3.05, 3.63) is 60.1 Å². The SMILES string of the molecule is O=S(=O)(NCc1noc(-c2ccco2)n1)[C@@H]1C[C@H]1c1ccccc1. The molecule has 0 spiro atoms. The number of hydrogen-bond donors (Lipinski definition) is 1. The van der Waals surface area contributed by atoms with Gasteiger partial charge in [-0.25, -0.2) is 13.1 Å². The standard InChI is InChI=1S/C16H15N3O4S/c20-24(21,14-9-12(14)11-5-2-1-3-6-11)17-10-15-18-16(23-19-15)13-7-4-8-22-13/h1-8,12,14,17H,9-10H2/t12-,14+/m0/s1. The number of hydrogen-bond acceptors (Lipinski definition) is 6. The first-order valence-electron chi connectivity index (χ1n) is 7.53. The largest absolute Gasteiger partial charge is 0.459 e. The Bertz CT molecular complexity index is 919. The second-order valence-corrected chi connectivity index (χ2v) is 7.63. The molecule has 1 saturated carbocycles. The van der Waals surface area contributed by atoms with Crippen LogP contribution in [0.15, 0.2) is 57.7 Å². The Hall–Kier alpha value is -2.45. The van der Waals surface area contributed by atoms with E-state index in [0.29, 0.717) is 12.2 Å². The summed E-state index contributed by atoms with van der Waals surface area (Å²) < 4.78 is 37.5. The summed E-state index contributed by atoms with van der Waals surface area (Å²) >= 11 is 0. The highest BCUT2D eigenvalue weighted by atomic mass is 32.2. The van der Waals surface area contributed by atoms with E-state index in [2.05, 4.69) is 14.9 Å². The van der Waals surface area contributed by atoms with Crippen molar-refractivity contribution in [1.82, 2.24) is 14.9 Å². The van der Waals surface area contributed by atoms with Gasteiger partial charge in [0.25, 0.3) is 5.89 Å². The quantitative estimate of drug-likeness (QED) is 0.736. The van der Waals surface area contributed by atoms with Crippen molar-refractivity contribution in [3.8, 4) is 11.7 Å². The number of sulfonamides is 1. The van der Waals surface area contributed by atoms with E-state index >= 15 is 0 Å². The van der Waals surface area contributed by atoms with Crippen LogP contribution in [0.25, 0.3) is 11.7 Å². The van der Waals surface area contributed by atoms with Crippen LogP contribution in [0.5, 0.6) is 0 Å². The van der Waals surface area contributed by atoms with Gasteiger partial charge in [-0.3, -0.25) is 0 Å². The van der Waals surface area contributed by atoms with Gasteiger partial charge in [-0.1, -0.05) is 35.5 Å². The summed E-state index contributed by atoms with van der Waals surface area (Å²) in [5, 5.41) is 3.35. The van der Waals surface area contributed by atoms with Crippen LogP contribution >= 0.6 is 0 Å². The number of rotatable bonds is 6. The average Bonchev–Trinajstić information content (AvgIpc) is 3.01. The van der Waals surface area contributed by atoms with Crippen LogP contribution in [0, 0.1) is 0 Å². The third-order valence-corrected chi connectivity index (χ3v) is 5.85. The molecule has 0 saturated heterocycles. The van der Waals surface area contributed by atoms with Crippen LogP contribution in [0.2, 0.25) is 0 Å². The van der Waals surface area contributed by atoms with Gasteiger partial charge in [-0.2, -0.15) is 4.98 Å². The highest BCUT2D eigenvalue weighted by Gasteiger charge is 2.47. The molecule has 7 nitrogen and oxygen atoms in total. The molecule has 2 aromatic heterocycles. The van der Waals surface area contributed by atoms with Gasteiger partial charge in [-0.15, -0.1) is 0 Å². The van der Waals surface area contributed by atoms with E-state index in [1.807, 2.05) is 30.3 Å². The lowest BCUT2D eigenvalue weighted by Crippen LogP contribution is -2.28. The van der Waals surface area contributed by atoms with Crippen molar-refractivity contribution in [2.75, 3.05) is 0 Å². The fourth-order valence-corrected chi connectivity index (χ4v) is 4.26. The summed E-state index contributed by atoms with van der Waals surface area (Å²) in [4.78, 5) is 4.11. The third-order valence-electron chi connectivity index (χ3n) is 3.99. The highest BCUT2D eigenvalue weighted by molar-refractivity contribution is 7.90. The van der Waals surface area contributed by atoms with E-state index < -0.39 is 15.3 Å². The molecule has 0 bridgehead atoms. The molecule has 0 aliphatic heterocycles. The molecule has 24 heavy (non-hydrogen) atoms. The summed E-state index contributed by atoms with van der Waals surface area (Å²) in [7, 11) is -3.42. The minimum Gasteiger partial charge on any atom is -0.459 e. The number of benzene rings is 1. The smallest absolute Gasteiger partial charge is 0.293 e. The molecule has 1 fully saturated rings. The lowest BCUT2D eigenvalue weighted by molar-refractivity contribution is 0.408. The number of furan rings is 1. The molecule has 1 N–H and O–H groups in total. The van der Waals surface area contributed by atoms with Crippen molar-refractivity contribution >= 4 is 10.0 Å². The molecule has 1 aliphatic carbocycles. The number of nitrogens with one attached hydrogen (secondary N) is 1. The van der Waals surface area contributed by atoms with Crippen LogP contribution in [0.1, 0.15) is 23.7 Å². The molecule has 0 unspecified atom stereocenters. The Kier molecular flexibility index (Phi) is 3.70. The Morgan fingerprint density at radius 2 is 2.00 bits per heavy atom. The minimum atomic E-state index is -3.42. The summed E-state index contributed by atoms with van der Waals surface area (Å²) in [5.41, 5.74) is 1.05. The molecule has 1 aliphatic rings. The van der Waals surface area contributed by atoms with Gasteiger partial charge < -0.3 is 8.94 Å². The van der Waals surface area contributed by atoms with E-state index in [0.717, 1.165) is 5.56 Å². The van der Waals surface area contributed by atoms with Gasteiger partial charge in [0, 0.05) is 5.92 Å². The highest BCUT2D eigenvalue weighted by Crippen LogP contribution is 2.45. The van der Waals surface area contributed by atoms with Crippen molar-refractivity contribution < 1.29 is 17.4 Å². The zero-order chi connectivity index (χ0) is 16.6. The van der Waals surface area contributed by atoms with E-state index in [9.17, 15) is 8.42 Å². The molecular weight excluding hydrogens is 330 g/mol. The zero-order valence-electron chi connectivity index (χ0n) is 12.6. The fraction of sp³-hybridized carbons (Fsp3) is 0.250. The molecule has 2 atom stereocenters. The molecule has 2 heterocycles. The Balaban J connectivity index is 1.39. The van der Waals surface area contributed by atoms with Crippen molar-refractivity contribution in [2.24, 2.45) is 0 Å². The molecule has 4 rings (SSSR count). The van der Waals surface area contributed by atoms with E-state index in [1.54, 1.807) is 12.1 Å². The Morgan fingerprint density at radius 3 is 2.75 bits per heavy atom. The molecule has 3 aromatic rings. The predicted octanol–water partition coefficient (Wildman–Crippen LogP) is 2.31. The second-order valence-electron chi connectivity index (χ2n) is 5.65. The summed E-state index contributed by atoms with van der Waals surface area (Å²) in [6.07, 6.45) is 2.13. The third kappa shape index (κ3) is 2.98. The second kappa shape index (κ2) is 5.88. The molecule has 0 radical (unpaired) electrons. The predicted molar refractivity (Wildman–Crippen MR) is 85.3 cm³/mol. The summed E-state index contributed by atoms with van der Waals surface area (Å²) in [6.45, 7) is -0.00937.